The lowest BCUT2D eigenvalue weighted by molar-refractivity contribution is 0.213. The summed E-state index contributed by atoms with van der Waals surface area (Å²) in [6.07, 6.45) is 0.970. The molecule has 86 valence electrons. The number of aryl methyl sites for hydroxylation is 2. The van der Waals surface area contributed by atoms with E-state index < -0.39 is 6.10 Å². The van der Waals surface area contributed by atoms with E-state index in [-0.39, 0.29) is 0 Å². The van der Waals surface area contributed by atoms with Crippen LogP contribution in [0.3, 0.4) is 0 Å². The molecule has 0 aromatic carbocycles. The second kappa shape index (κ2) is 3.83. The molecular weight excluding hydrogens is 202 g/mol. The average molecular weight is 219 g/mol. The summed E-state index contributed by atoms with van der Waals surface area (Å²) < 4.78 is 5.21. The van der Waals surface area contributed by atoms with Gasteiger partial charge in [0, 0.05) is 11.3 Å². The lowest BCUT2D eigenvalue weighted by atomic mass is 10.0. The molecule has 0 amide bonds. The van der Waals surface area contributed by atoms with Gasteiger partial charge in [-0.3, -0.25) is 0 Å². The number of hydrogen-bond acceptors (Lipinski definition) is 2. The molecule has 0 bridgehead atoms. The molecule has 2 N–H and O–H groups in total. The van der Waals surface area contributed by atoms with Crippen LogP contribution in [0.15, 0.2) is 16.7 Å². The van der Waals surface area contributed by atoms with Crippen molar-refractivity contribution >= 4 is 0 Å². The summed E-state index contributed by atoms with van der Waals surface area (Å²) in [6, 6.07) is 1.81. The van der Waals surface area contributed by atoms with Gasteiger partial charge in [0.1, 0.15) is 11.9 Å². The molecule has 1 unspecified atom stereocenters. The molecule has 0 saturated carbocycles. The Labute approximate surface area is 95.1 Å². The van der Waals surface area contributed by atoms with Crippen LogP contribution in [0.25, 0.3) is 0 Å². The minimum absolute atomic E-state index is 0.633. The van der Waals surface area contributed by atoms with Crippen LogP contribution < -0.4 is 0 Å². The van der Waals surface area contributed by atoms with Crippen molar-refractivity contribution in [3.63, 3.8) is 0 Å². The first-order valence-electron chi connectivity index (χ1n) is 5.40. The zero-order valence-corrected chi connectivity index (χ0v) is 10.1. The standard InChI is InChI=1S/C13H17NO2/c1-7-8(2)12(14-9(7)3)13(15)11-5-6-16-10(11)4/h5-6,13-15H,1-4H3. The fraction of sp³-hybridized carbons (Fsp3) is 0.385. The number of nitrogens with one attached hydrogen (secondary N) is 1. The van der Waals surface area contributed by atoms with Crippen LogP contribution in [0, 0.1) is 27.7 Å². The van der Waals surface area contributed by atoms with Gasteiger partial charge in [-0.1, -0.05) is 0 Å². The van der Waals surface area contributed by atoms with Gasteiger partial charge in [-0.05, 0) is 44.9 Å². The summed E-state index contributed by atoms with van der Waals surface area (Å²) in [5.41, 5.74) is 5.11. The Bertz CT molecular complexity index is 508. The molecular formula is C13H17NO2. The predicted molar refractivity (Wildman–Crippen MR) is 62.5 cm³/mol. The molecule has 0 aliphatic rings. The molecule has 0 radical (unpaired) electrons. The number of aromatic nitrogens is 1. The Balaban J connectivity index is 2.45. The Kier molecular flexibility index (Phi) is 2.64. The summed E-state index contributed by atoms with van der Waals surface area (Å²) in [5.74, 6) is 0.761. The molecule has 2 aromatic rings. The van der Waals surface area contributed by atoms with Crippen LogP contribution in [0.5, 0.6) is 0 Å². The van der Waals surface area contributed by atoms with Crippen LogP contribution in [0.1, 0.15) is 39.9 Å². The van der Waals surface area contributed by atoms with Gasteiger partial charge in [0.15, 0.2) is 0 Å². The third kappa shape index (κ3) is 1.57. The van der Waals surface area contributed by atoms with Crippen LogP contribution in [-0.4, -0.2) is 10.1 Å². The maximum absolute atomic E-state index is 10.3. The van der Waals surface area contributed by atoms with Crippen molar-refractivity contribution in [1.82, 2.24) is 4.98 Å². The summed E-state index contributed by atoms with van der Waals surface area (Å²) >= 11 is 0. The monoisotopic (exact) mass is 219 g/mol. The number of aliphatic hydroxyl groups excluding tert-OH is 1. The second-order valence-corrected chi connectivity index (χ2v) is 4.25. The van der Waals surface area contributed by atoms with E-state index in [1.165, 1.54) is 5.56 Å². The Morgan fingerprint density at radius 3 is 2.31 bits per heavy atom. The minimum atomic E-state index is -0.633. The van der Waals surface area contributed by atoms with Crippen molar-refractivity contribution in [3.05, 3.63) is 46.2 Å². The topological polar surface area (TPSA) is 49.2 Å². The van der Waals surface area contributed by atoms with E-state index in [0.717, 1.165) is 28.3 Å². The lowest BCUT2D eigenvalue weighted by Gasteiger charge is -2.09. The van der Waals surface area contributed by atoms with Gasteiger partial charge < -0.3 is 14.5 Å². The van der Waals surface area contributed by atoms with E-state index in [2.05, 4.69) is 11.9 Å². The highest BCUT2D eigenvalue weighted by Crippen LogP contribution is 2.29. The highest BCUT2D eigenvalue weighted by Gasteiger charge is 2.20. The van der Waals surface area contributed by atoms with E-state index in [1.807, 2.05) is 26.8 Å². The number of furan rings is 1. The fourth-order valence-electron chi connectivity index (χ4n) is 1.98. The molecule has 2 rings (SSSR count). The van der Waals surface area contributed by atoms with Crippen LogP contribution in [-0.2, 0) is 0 Å². The third-order valence-electron chi connectivity index (χ3n) is 3.32. The molecule has 3 nitrogen and oxygen atoms in total. The zero-order chi connectivity index (χ0) is 11.9. The van der Waals surface area contributed by atoms with E-state index in [9.17, 15) is 5.11 Å². The minimum Gasteiger partial charge on any atom is -0.469 e. The summed E-state index contributed by atoms with van der Waals surface area (Å²) in [6.45, 7) is 7.95. The van der Waals surface area contributed by atoms with Gasteiger partial charge in [-0.15, -0.1) is 0 Å². The van der Waals surface area contributed by atoms with Gasteiger partial charge in [0.25, 0.3) is 0 Å². The first kappa shape index (κ1) is 11.0. The first-order valence-corrected chi connectivity index (χ1v) is 5.40. The molecule has 0 spiro atoms. The molecule has 16 heavy (non-hydrogen) atoms. The molecule has 0 aliphatic heterocycles. The maximum atomic E-state index is 10.3. The van der Waals surface area contributed by atoms with Crippen molar-refractivity contribution in [3.8, 4) is 0 Å². The Hall–Kier alpha value is -1.48. The normalized spacial score (nSPS) is 13.1. The SMILES string of the molecule is Cc1[nH]c(C(O)c2ccoc2C)c(C)c1C. The van der Waals surface area contributed by atoms with Gasteiger partial charge >= 0.3 is 0 Å². The van der Waals surface area contributed by atoms with Crippen molar-refractivity contribution in [1.29, 1.82) is 0 Å². The van der Waals surface area contributed by atoms with Crippen LogP contribution in [0.2, 0.25) is 0 Å². The number of aromatic amines is 1. The smallest absolute Gasteiger partial charge is 0.122 e. The predicted octanol–water partition coefficient (Wildman–Crippen LogP) is 2.92. The molecule has 0 aliphatic carbocycles. The van der Waals surface area contributed by atoms with Gasteiger partial charge in [0.05, 0.1) is 12.0 Å². The number of aliphatic hydroxyl groups is 1. The summed E-state index contributed by atoms with van der Waals surface area (Å²) in [5, 5.41) is 10.3. The maximum Gasteiger partial charge on any atom is 0.122 e. The highest BCUT2D eigenvalue weighted by atomic mass is 16.3. The fourth-order valence-corrected chi connectivity index (χ4v) is 1.98. The molecule has 1 atom stereocenters. The Morgan fingerprint density at radius 1 is 1.19 bits per heavy atom. The van der Waals surface area contributed by atoms with Crippen molar-refractivity contribution < 1.29 is 9.52 Å². The highest BCUT2D eigenvalue weighted by molar-refractivity contribution is 5.39. The van der Waals surface area contributed by atoms with Gasteiger partial charge in [0.2, 0.25) is 0 Å². The Morgan fingerprint density at radius 2 is 1.88 bits per heavy atom. The van der Waals surface area contributed by atoms with E-state index in [4.69, 9.17) is 4.42 Å². The number of H-pyrrole nitrogens is 1. The number of rotatable bonds is 2. The number of hydrogen-bond donors (Lipinski definition) is 2. The molecule has 3 heteroatoms. The summed E-state index contributed by atoms with van der Waals surface area (Å²) in [7, 11) is 0. The van der Waals surface area contributed by atoms with Crippen molar-refractivity contribution in [2.24, 2.45) is 0 Å². The molecule has 0 saturated heterocycles. The largest absolute Gasteiger partial charge is 0.469 e. The van der Waals surface area contributed by atoms with E-state index in [1.54, 1.807) is 6.26 Å². The zero-order valence-electron chi connectivity index (χ0n) is 10.1. The molecule has 2 heterocycles. The van der Waals surface area contributed by atoms with Crippen molar-refractivity contribution in [2.75, 3.05) is 0 Å². The lowest BCUT2D eigenvalue weighted by Crippen LogP contribution is -2.02. The molecule has 2 aromatic heterocycles. The third-order valence-corrected chi connectivity index (χ3v) is 3.32. The van der Waals surface area contributed by atoms with Gasteiger partial charge in [-0.25, -0.2) is 0 Å². The van der Waals surface area contributed by atoms with Crippen LogP contribution >= 0.6 is 0 Å². The van der Waals surface area contributed by atoms with E-state index >= 15 is 0 Å². The van der Waals surface area contributed by atoms with Crippen LogP contribution in [0.4, 0.5) is 0 Å². The second-order valence-electron chi connectivity index (χ2n) is 4.25. The quantitative estimate of drug-likeness (QED) is 0.815. The average Bonchev–Trinajstić information content (AvgIpc) is 2.77. The van der Waals surface area contributed by atoms with Gasteiger partial charge in [-0.2, -0.15) is 0 Å². The first-order chi connectivity index (χ1) is 7.52. The molecule has 0 fully saturated rings. The summed E-state index contributed by atoms with van der Waals surface area (Å²) in [4.78, 5) is 3.24. The van der Waals surface area contributed by atoms with Crippen molar-refractivity contribution in [2.45, 2.75) is 33.8 Å². The van der Waals surface area contributed by atoms with E-state index in [0.29, 0.717) is 0 Å².